The predicted octanol–water partition coefficient (Wildman–Crippen LogP) is 2.51. The van der Waals surface area contributed by atoms with Gasteiger partial charge in [-0.3, -0.25) is 0 Å². The summed E-state index contributed by atoms with van der Waals surface area (Å²) >= 11 is 0. The molecule has 0 aliphatic heterocycles. The van der Waals surface area contributed by atoms with Crippen molar-refractivity contribution in [2.24, 2.45) is 11.3 Å². The Hall–Kier alpha value is -0.860. The Morgan fingerprint density at radius 3 is 1.87 bits per heavy atom. The first-order valence-electron chi connectivity index (χ1n) is 5.30. The topological polar surface area (TPSA) is 40.5 Å². The van der Waals surface area contributed by atoms with Crippen LogP contribution in [-0.4, -0.2) is 10.2 Å². The maximum Gasteiger partial charge on any atom is 0.195 e. The molecule has 0 bridgehead atoms. The summed E-state index contributed by atoms with van der Waals surface area (Å²) in [6.07, 6.45) is 0. The van der Waals surface area contributed by atoms with Gasteiger partial charge in [0.25, 0.3) is 0 Å². The average molecular weight is 208 g/mol. The fourth-order valence-electron chi connectivity index (χ4n) is 1.45. The normalized spacial score (nSPS) is 13.3. The van der Waals surface area contributed by atoms with Gasteiger partial charge in [0, 0.05) is 11.0 Å². The molecule has 1 rings (SSSR count). The highest BCUT2D eigenvalue weighted by atomic mass is 16.5. The zero-order valence-corrected chi connectivity index (χ0v) is 9.86. The summed E-state index contributed by atoms with van der Waals surface area (Å²) in [5.41, 5.74) is -0.0438. The minimum atomic E-state index is -1.79. The Labute approximate surface area is 91.6 Å². The molecule has 2 nitrogen and oxygen atoms in total. The third-order valence-corrected chi connectivity index (χ3v) is 3.52. The van der Waals surface area contributed by atoms with E-state index in [0.717, 1.165) is 0 Å². The van der Waals surface area contributed by atoms with Crippen LogP contribution in [0.1, 0.15) is 33.3 Å². The van der Waals surface area contributed by atoms with E-state index in [1.807, 2.05) is 45.9 Å². The molecule has 0 atom stereocenters. The van der Waals surface area contributed by atoms with Gasteiger partial charge in [0.2, 0.25) is 0 Å². The highest BCUT2D eigenvalue weighted by Crippen LogP contribution is 2.42. The molecule has 0 aliphatic rings. The summed E-state index contributed by atoms with van der Waals surface area (Å²) < 4.78 is 0. The lowest BCUT2D eigenvalue weighted by molar-refractivity contribution is -0.256. The summed E-state index contributed by atoms with van der Waals surface area (Å²) in [6.45, 7) is 7.71. The minimum absolute atomic E-state index is 0.174. The van der Waals surface area contributed by atoms with Crippen LogP contribution in [0.3, 0.4) is 0 Å². The molecule has 84 valence electrons. The van der Waals surface area contributed by atoms with Crippen molar-refractivity contribution in [3.8, 4) is 0 Å². The molecule has 0 amide bonds. The van der Waals surface area contributed by atoms with Gasteiger partial charge < -0.3 is 10.2 Å². The van der Waals surface area contributed by atoms with Crippen molar-refractivity contribution in [3.05, 3.63) is 35.9 Å². The van der Waals surface area contributed by atoms with E-state index in [-0.39, 0.29) is 5.92 Å². The molecule has 0 heterocycles. The number of rotatable bonds is 3. The van der Waals surface area contributed by atoms with Crippen LogP contribution in [0.5, 0.6) is 0 Å². The van der Waals surface area contributed by atoms with Crippen LogP contribution in [0.25, 0.3) is 0 Å². The van der Waals surface area contributed by atoms with Gasteiger partial charge in [0.1, 0.15) is 0 Å². The van der Waals surface area contributed by atoms with E-state index in [2.05, 4.69) is 0 Å². The van der Waals surface area contributed by atoms with Gasteiger partial charge in [-0.25, -0.2) is 0 Å². The number of hydrogen-bond donors (Lipinski definition) is 2. The summed E-state index contributed by atoms with van der Waals surface area (Å²) in [6, 6.07) is 8.97. The zero-order chi connectivity index (χ0) is 11.7. The first-order chi connectivity index (χ1) is 6.80. The first kappa shape index (κ1) is 12.2. The molecule has 0 unspecified atom stereocenters. The van der Waals surface area contributed by atoms with E-state index in [0.29, 0.717) is 5.56 Å². The van der Waals surface area contributed by atoms with Crippen LogP contribution < -0.4 is 0 Å². The molecule has 2 N–H and O–H groups in total. The molecule has 1 aromatic carbocycles. The maximum atomic E-state index is 10.2. The van der Waals surface area contributed by atoms with Gasteiger partial charge >= 0.3 is 0 Å². The van der Waals surface area contributed by atoms with E-state index in [1.54, 1.807) is 12.1 Å². The third-order valence-electron chi connectivity index (χ3n) is 3.52. The number of aliphatic hydroxyl groups is 2. The van der Waals surface area contributed by atoms with E-state index in [4.69, 9.17) is 0 Å². The Kier molecular flexibility index (Phi) is 3.22. The molecule has 15 heavy (non-hydrogen) atoms. The lowest BCUT2D eigenvalue weighted by Crippen LogP contribution is -2.45. The molecule has 0 spiro atoms. The molecule has 0 aliphatic carbocycles. The standard InChI is InChI=1S/C13H20O2/c1-10(2)12(3,4)13(14,15)11-8-6-5-7-9-11/h5-10,14-15H,1-4H3. The van der Waals surface area contributed by atoms with Gasteiger partial charge in [-0.2, -0.15) is 0 Å². The largest absolute Gasteiger partial charge is 0.361 e. The second-order valence-corrected chi connectivity index (χ2v) is 4.91. The Morgan fingerprint density at radius 1 is 1.00 bits per heavy atom. The monoisotopic (exact) mass is 208 g/mol. The van der Waals surface area contributed by atoms with E-state index in [1.165, 1.54) is 0 Å². The van der Waals surface area contributed by atoms with Crippen LogP contribution in [-0.2, 0) is 5.79 Å². The molecule has 0 aromatic heterocycles. The van der Waals surface area contributed by atoms with Gasteiger partial charge in [0.05, 0.1) is 0 Å². The Balaban J connectivity index is 3.13. The molecule has 0 saturated carbocycles. The van der Waals surface area contributed by atoms with Gasteiger partial charge in [-0.1, -0.05) is 58.0 Å². The second-order valence-electron chi connectivity index (χ2n) is 4.91. The van der Waals surface area contributed by atoms with Crippen LogP contribution in [0.15, 0.2) is 30.3 Å². The number of benzene rings is 1. The predicted molar refractivity (Wildman–Crippen MR) is 61.2 cm³/mol. The van der Waals surface area contributed by atoms with Gasteiger partial charge in [-0.15, -0.1) is 0 Å². The van der Waals surface area contributed by atoms with E-state index in [9.17, 15) is 10.2 Å². The van der Waals surface area contributed by atoms with Crippen LogP contribution in [0, 0.1) is 11.3 Å². The maximum absolute atomic E-state index is 10.2. The van der Waals surface area contributed by atoms with Crippen molar-refractivity contribution < 1.29 is 10.2 Å². The fraction of sp³-hybridized carbons (Fsp3) is 0.538. The lowest BCUT2D eigenvalue weighted by atomic mass is 9.71. The van der Waals surface area contributed by atoms with Crippen molar-refractivity contribution in [1.29, 1.82) is 0 Å². The average Bonchev–Trinajstić information content (AvgIpc) is 2.18. The van der Waals surface area contributed by atoms with Crippen molar-refractivity contribution in [2.45, 2.75) is 33.5 Å². The highest BCUT2D eigenvalue weighted by Gasteiger charge is 2.45. The van der Waals surface area contributed by atoms with Crippen molar-refractivity contribution >= 4 is 0 Å². The molecule has 0 saturated heterocycles. The molecule has 0 fully saturated rings. The van der Waals surface area contributed by atoms with Crippen LogP contribution >= 0.6 is 0 Å². The highest BCUT2D eigenvalue weighted by molar-refractivity contribution is 5.22. The van der Waals surface area contributed by atoms with E-state index >= 15 is 0 Å². The van der Waals surface area contributed by atoms with Crippen molar-refractivity contribution in [2.75, 3.05) is 0 Å². The molecular formula is C13H20O2. The summed E-state index contributed by atoms with van der Waals surface area (Å²) in [7, 11) is 0. The van der Waals surface area contributed by atoms with Crippen LogP contribution in [0.4, 0.5) is 0 Å². The quantitative estimate of drug-likeness (QED) is 0.749. The molecular weight excluding hydrogens is 188 g/mol. The SMILES string of the molecule is CC(C)C(C)(C)C(O)(O)c1ccccc1. The van der Waals surface area contributed by atoms with Crippen molar-refractivity contribution in [3.63, 3.8) is 0 Å². The Bertz CT molecular complexity index is 313. The summed E-state index contributed by atoms with van der Waals surface area (Å²) in [5, 5.41) is 20.5. The summed E-state index contributed by atoms with van der Waals surface area (Å²) in [4.78, 5) is 0. The number of hydrogen-bond acceptors (Lipinski definition) is 2. The smallest absolute Gasteiger partial charge is 0.195 e. The van der Waals surface area contributed by atoms with Gasteiger partial charge in [0.15, 0.2) is 5.79 Å². The second kappa shape index (κ2) is 3.95. The van der Waals surface area contributed by atoms with Gasteiger partial charge in [-0.05, 0) is 5.92 Å². The minimum Gasteiger partial charge on any atom is -0.361 e. The van der Waals surface area contributed by atoms with Crippen molar-refractivity contribution in [1.82, 2.24) is 0 Å². The van der Waals surface area contributed by atoms with E-state index < -0.39 is 11.2 Å². The lowest BCUT2D eigenvalue weighted by Gasteiger charge is -2.41. The summed E-state index contributed by atoms with van der Waals surface area (Å²) in [5.74, 6) is -1.62. The third kappa shape index (κ3) is 2.06. The molecule has 2 heteroatoms. The fourth-order valence-corrected chi connectivity index (χ4v) is 1.45. The first-order valence-corrected chi connectivity index (χ1v) is 5.30. The molecule has 0 radical (unpaired) electrons. The zero-order valence-electron chi connectivity index (χ0n) is 9.86. The Morgan fingerprint density at radius 2 is 1.47 bits per heavy atom. The molecule has 1 aromatic rings. The van der Waals surface area contributed by atoms with Crippen LogP contribution in [0.2, 0.25) is 0 Å².